The summed E-state index contributed by atoms with van der Waals surface area (Å²) < 4.78 is 6.99. The lowest BCUT2D eigenvalue weighted by atomic mass is 9.65. The Morgan fingerprint density at radius 2 is 0.847 bits per heavy atom. The summed E-state index contributed by atoms with van der Waals surface area (Å²) in [6.45, 7) is 0. The second-order valence-electron chi connectivity index (χ2n) is 16.3. The van der Waals surface area contributed by atoms with Gasteiger partial charge in [-0.2, -0.15) is 0 Å². The van der Waals surface area contributed by atoms with E-state index in [0.717, 1.165) is 17.1 Å². The normalized spacial score (nSPS) is 16.1. The fourth-order valence-corrected chi connectivity index (χ4v) is 11.2. The van der Waals surface area contributed by atoms with Crippen LogP contribution in [-0.4, -0.2) is 0 Å². The van der Waals surface area contributed by atoms with Crippen LogP contribution in [0.1, 0.15) is 44.5 Å². The molecule has 1 spiro atoms. The average Bonchev–Trinajstić information content (AvgIpc) is 3.78. The Labute approximate surface area is 343 Å². The highest BCUT2D eigenvalue weighted by Gasteiger charge is 2.52. The standard InChI is InChI=1S/C58H36O/c1-2-19-42(20-3-1)57(49-26-11-10-25-47(49)48-31-29-37-15-6-7-22-44(37)56(48)57)43-21-14-18-38(33-43)41-30-32-54-52(35-41)58(53-34-39-16-4-5-17-40(39)36-55(53)59-54)50-27-12-8-23-45(50)46-24-9-13-28-51(46)58/h1-36H. The molecule has 0 fully saturated rings. The monoisotopic (exact) mass is 748 g/mol. The largest absolute Gasteiger partial charge is 0.457 e. The number of fused-ring (bicyclic) bond motifs is 15. The first-order valence-corrected chi connectivity index (χ1v) is 20.6. The summed E-state index contributed by atoms with van der Waals surface area (Å²) in [6.07, 6.45) is 0. The van der Waals surface area contributed by atoms with Gasteiger partial charge in [-0.3, -0.25) is 0 Å². The summed E-state index contributed by atoms with van der Waals surface area (Å²) in [6, 6.07) is 81.1. The maximum absolute atomic E-state index is 6.99. The van der Waals surface area contributed by atoms with Crippen molar-refractivity contribution < 1.29 is 4.74 Å². The van der Waals surface area contributed by atoms with Crippen molar-refractivity contribution in [3.05, 3.63) is 263 Å². The van der Waals surface area contributed by atoms with Crippen molar-refractivity contribution in [2.45, 2.75) is 10.8 Å². The van der Waals surface area contributed by atoms with Crippen LogP contribution in [0.2, 0.25) is 0 Å². The van der Waals surface area contributed by atoms with Crippen molar-refractivity contribution >= 4 is 21.5 Å². The second kappa shape index (κ2) is 12.0. The molecule has 0 bridgehead atoms. The van der Waals surface area contributed by atoms with Gasteiger partial charge in [-0.05, 0) is 119 Å². The molecule has 0 saturated heterocycles. The van der Waals surface area contributed by atoms with Crippen LogP contribution in [0.5, 0.6) is 11.5 Å². The minimum Gasteiger partial charge on any atom is -0.457 e. The SMILES string of the molecule is c1ccc(C2(c3cccc(-c4ccc5c(c4)C4(c6cc7ccccc7cc6O5)c5ccccc5-c5ccccc54)c3)c3ccccc3-c3ccc4ccccc4c32)cc1. The van der Waals surface area contributed by atoms with Crippen molar-refractivity contribution in [1.82, 2.24) is 0 Å². The van der Waals surface area contributed by atoms with Crippen LogP contribution in [0, 0.1) is 0 Å². The van der Waals surface area contributed by atoms with Gasteiger partial charge in [-0.15, -0.1) is 0 Å². The Morgan fingerprint density at radius 1 is 0.288 bits per heavy atom. The van der Waals surface area contributed by atoms with Crippen LogP contribution in [0.25, 0.3) is 54.9 Å². The molecule has 59 heavy (non-hydrogen) atoms. The Hall–Kier alpha value is -7.48. The van der Waals surface area contributed by atoms with Gasteiger partial charge in [0, 0.05) is 11.1 Å². The van der Waals surface area contributed by atoms with E-state index in [1.165, 1.54) is 93.9 Å². The van der Waals surface area contributed by atoms with E-state index in [2.05, 4.69) is 218 Å². The molecular weight excluding hydrogens is 713 g/mol. The summed E-state index contributed by atoms with van der Waals surface area (Å²) in [5, 5.41) is 4.92. The molecule has 1 atom stereocenters. The van der Waals surface area contributed by atoms with E-state index in [0.29, 0.717) is 0 Å². The third-order valence-corrected chi connectivity index (χ3v) is 13.6. The maximum Gasteiger partial charge on any atom is 0.132 e. The molecule has 274 valence electrons. The Morgan fingerprint density at radius 3 is 1.59 bits per heavy atom. The molecule has 0 radical (unpaired) electrons. The first kappa shape index (κ1) is 32.6. The number of benzene rings is 10. The van der Waals surface area contributed by atoms with Gasteiger partial charge < -0.3 is 4.74 Å². The summed E-state index contributed by atoms with van der Waals surface area (Å²) >= 11 is 0. The van der Waals surface area contributed by atoms with Gasteiger partial charge in [0.05, 0.1) is 10.8 Å². The highest BCUT2D eigenvalue weighted by molar-refractivity contribution is 6.00. The van der Waals surface area contributed by atoms with E-state index < -0.39 is 10.8 Å². The molecule has 1 aliphatic heterocycles. The molecule has 10 aromatic carbocycles. The summed E-state index contributed by atoms with van der Waals surface area (Å²) in [4.78, 5) is 0. The number of ether oxygens (including phenoxy) is 1. The topological polar surface area (TPSA) is 9.23 Å². The van der Waals surface area contributed by atoms with Gasteiger partial charge in [0.2, 0.25) is 0 Å². The predicted octanol–water partition coefficient (Wildman–Crippen LogP) is 14.5. The molecule has 0 N–H and O–H groups in total. The van der Waals surface area contributed by atoms with Crippen LogP contribution < -0.4 is 4.74 Å². The van der Waals surface area contributed by atoms with Crippen molar-refractivity contribution in [3.8, 4) is 44.9 Å². The number of hydrogen-bond donors (Lipinski definition) is 0. The molecule has 3 aliphatic rings. The minimum atomic E-state index is -0.568. The smallest absolute Gasteiger partial charge is 0.132 e. The van der Waals surface area contributed by atoms with E-state index in [-0.39, 0.29) is 0 Å². The Bertz CT molecular complexity index is 3330. The molecule has 13 rings (SSSR count). The first-order chi connectivity index (χ1) is 29.2. The summed E-state index contributed by atoms with van der Waals surface area (Å²) in [7, 11) is 0. The second-order valence-corrected chi connectivity index (χ2v) is 16.3. The third-order valence-electron chi connectivity index (χ3n) is 13.6. The van der Waals surface area contributed by atoms with Gasteiger partial charge in [0.15, 0.2) is 0 Å². The quantitative estimate of drug-likeness (QED) is 0.175. The molecule has 0 aromatic heterocycles. The van der Waals surface area contributed by atoms with E-state index in [9.17, 15) is 0 Å². The van der Waals surface area contributed by atoms with E-state index >= 15 is 0 Å². The summed E-state index contributed by atoms with van der Waals surface area (Å²) in [5.41, 5.74) is 16.5. The zero-order valence-corrected chi connectivity index (χ0v) is 32.2. The third kappa shape index (κ3) is 4.24. The van der Waals surface area contributed by atoms with Crippen LogP contribution in [-0.2, 0) is 10.8 Å². The van der Waals surface area contributed by atoms with Crippen LogP contribution in [0.4, 0.5) is 0 Å². The molecule has 0 amide bonds. The first-order valence-electron chi connectivity index (χ1n) is 20.6. The van der Waals surface area contributed by atoms with Crippen molar-refractivity contribution in [3.63, 3.8) is 0 Å². The average molecular weight is 749 g/mol. The fourth-order valence-electron chi connectivity index (χ4n) is 11.2. The van der Waals surface area contributed by atoms with Crippen molar-refractivity contribution in [2.24, 2.45) is 0 Å². The number of hydrogen-bond acceptors (Lipinski definition) is 1. The molecular formula is C58H36O. The maximum atomic E-state index is 6.99. The van der Waals surface area contributed by atoms with Crippen LogP contribution >= 0.6 is 0 Å². The van der Waals surface area contributed by atoms with Gasteiger partial charge in [-0.25, -0.2) is 0 Å². The lowest BCUT2D eigenvalue weighted by Crippen LogP contribution is -2.32. The molecule has 1 nitrogen and oxygen atoms in total. The van der Waals surface area contributed by atoms with Gasteiger partial charge in [-0.1, -0.05) is 188 Å². The molecule has 0 saturated carbocycles. The lowest BCUT2D eigenvalue weighted by molar-refractivity contribution is 0.437. The number of rotatable bonds is 3. The lowest BCUT2D eigenvalue weighted by Gasteiger charge is -2.40. The zero-order chi connectivity index (χ0) is 38.7. The van der Waals surface area contributed by atoms with E-state index in [1.807, 2.05) is 0 Å². The van der Waals surface area contributed by atoms with Crippen LogP contribution in [0.15, 0.2) is 218 Å². The zero-order valence-electron chi connectivity index (χ0n) is 32.2. The fraction of sp³-hybridized carbons (Fsp3) is 0.0345. The predicted molar refractivity (Wildman–Crippen MR) is 242 cm³/mol. The van der Waals surface area contributed by atoms with Crippen LogP contribution in [0.3, 0.4) is 0 Å². The van der Waals surface area contributed by atoms with Gasteiger partial charge in [0.1, 0.15) is 11.5 Å². The molecule has 2 aliphatic carbocycles. The van der Waals surface area contributed by atoms with Gasteiger partial charge >= 0.3 is 0 Å². The Balaban J connectivity index is 1.08. The molecule has 1 heterocycles. The van der Waals surface area contributed by atoms with E-state index in [1.54, 1.807) is 0 Å². The highest BCUT2D eigenvalue weighted by atomic mass is 16.5. The highest BCUT2D eigenvalue weighted by Crippen LogP contribution is 2.63. The molecule has 1 unspecified atom stereocenters. The van der Waals surface area contributed by atoms with Crippen molar-refractivity contribution in [1.29, 1.82) is 0 Å². The van der Waals surface area contributed by atoms with Gasteiger partial charge in [0.25, 0.3) is 0 Å². The van der Waals surface area contributed by atoms with E-state index in [4.69, 9.17) is 4.74 Å². The van der Waals surface area contributed by atoms with Crippen molar-refractivity contribution in [2.75, 3.05) is 0 Å². The Kier molecular flexibility index (Phi) is 6.64. The molecule has 1 heteroatoms. The minimum absolute atomic E-state index is 0.536. The summed E-state index contributed by atoms with van der Waals surface area (Å²) in [5.74, 6) is 1.80. The molecule has 10 aromatic rings.